The molecule has 33 heavy (non-hydrogen) atoms. The maximum Gasteiger partial charge on any atom is 0.416 e. The molecule has 0 aliphatic heterocycles. The van der Waals surface area contributed by atoms with E-state index in [-0.39, 0.29) is 11.3 Å². The molecule has 4 rings (SSSR count). The first kappa shape index (κ1) is 22.3. The van der Waals surface area contributed by atoms with Gasteiger partial charge in [-0.15, -0.1) is 0 Å². The zero-order valence-electron chi connectivity index (χ0n) is 17.2. The minimum atomic E-state index is -4.52. The smallest absolute Gasteiger partial charge is 0.390 e. The van der Waals surface area contributed by atoms with Gasteiger partial charge in [-0.25, -0.2) is 4.79 Å². The van der Waals surface area contributed by atoms with E-state index in [2.05, 4.69) is 16.0 Å². The average Bonchev–Trinajstić information content (AvgIpc) is 3.08. The van der Waals surface area contributed by atoms with Gasteiger partial charge in [-0.3, -0.25) is 4.79 Å². The van der Waals surface area contributed by atoms with Crippen molar-refractivity contribution in [1.29, 1.82) is 0 Å². The molecule has 0 unspecified atom stereocenters. The van der Waals surface area contributed by atoms with Gasteiger partial charge in [-0.1, -0.05) is 36.4 Å². The highest BCUT2D eigenvalue weighted by molar-refractivity contribution is 6.05. The van der Waals surface area contributed by atoms with Crippen molar-refractivity contribution < 1.29 is 27.9 Å². The number of hydrogen-bond donors (Lipinski definition) is 4. The van der Waals surface area contributed by atoms with E-state index < -0.39 is 35.8 Å². The fraction of sp³-hybridized carbons (Fsp3) is 0.167. The molecule has 0 bridgehead atoms. The predicted octanol–water partition coefficient (Wildman–Crippen LogP) is 4.74. The van der Waals surface area contributed by atoms with Crippen LogP contribution in [0.25, 0.3) is 0 Å². The third-order valence-electron chi connectivity index (χ3n) is 5.32. The van der Waals surface area contributed by atoms with E-state index in [4.69, 9.17) is 0 Å². The van der Waals surface area contributed by atoms with E-state index in [1.165, 1.54) is 30.3 Å². The van der Waals surface area contributed by atoms with Gasteiger partial charge in [0, 0.05) is 23.4 Å². The third-order valence-corrected chi connectivity index (χ3v) is 5.32. The number of carbonyl (C=O) groups excluding carboxylic acids is 2. The number of benzene rings is 3. The number of aliphatic hydroxyl groups is 1. The first-order valence-electron chi connectivity index (χ1n) is 10.1. The summed E-state index contributed by atoms with van der Waals surface area (Å²) >= 11 is 0. The van der Waals surface area contributed by atoms with Crippen molar-refractivity contribution in [1.82, 2.24) is 5.32 Å². The Balaban J connectivity index is 1.42. The standard InChI is InChI=1S/C24H20F3N3O3/c25-24(26,27)16-7-4-9-18(13-16)28-22(32)15-6-3-8-17(11-15)29-23(33)30-21-19-10-2-1-5-14(19)12-20(21)31/h1-11,13,20-21,31H,12H2,(H,28,32)(H2,29,30,33)/t20-,21+/m0/s1. The maximum atomic E-state index is 12.9. The van der Waals surface area contributed by atoms with Crippen LogP contribution < -0.4 is 16.0 Å². The molecule has 0 aromatic heterocycles. The van der Waals surface area contributed by atoms with Crippen LogP contribution in [0.3, 0.4) is 0 Å². The number of aliphatic hydroxyl groups excluding tert-OH is 1. The Hall–Kier alpha value is -3.85. The molecule has 2 atom stereocenters. The van der Waals surface area contributed by atoms with Crippen LogP contribution in [0.15, 0.2) is 72.8 Å². The van der Waals surface area contributed by atoms with E-state index in [9.17, 15) is 27.9 Å². The molecule has 9 heteroatoms. The van der Waals surface area contributed by atoms with Crippen LogP contribution in [0.4, 0.5) is 29.3 Å². The molecule has 0 saturated heterocycles. The van der Waals surface area contributed by atoms with Gasteiger partial charge in [0.15, 0.2) is 0 Å². The van der Waals surface area contributed by atoms with Crippen molar-refractivity contribution in [2.75, 3.05) is 10.6 Å². The molecule has 6 nitrogen and oxygen atoms in total. The van der Waals surface area contributed by atoms with E-state index in [1.54, 1.807) is 6.07 Å². The summed E-state index contributed by atoms with van der Waals surface area (Å²) in [7, 11) is 0. The molecular formula is C24H20F3N3O3. The summed E-state index contributed by atoms with van der Waals surface area (Å²) in [4.78, 5) is 25.0. The lowest BCUT2D eigenvalue weighted by Gasteiger charge is -2.18. The molecule has 0 spiro atoms. The van der Waals surface area contributed by atoms with Crippen LogP contribution in [0.5, 0.6) is 0 Å². The molecule has 0 radical (unpaired) electrons. The number of nitrogens with one attached hydrogen (secondary N) is 3. The van der Waals surface area contributed by atoms with Crippen molar-refractivity contribution in [3.63, 3.8) is 0 Å². The number of carbonyl (C=O) groups is 2. The second kappa shape index (κ2) is 8.95. The van der Waals surface area contributed by atoms with Crippen molar-refractivity contribution in [2.45, 2.75) is 24.7 Å². The number of hydrogen-bond acceptors (Lipinski definition) is 3. The zero-order chi connectivity index (χ0) is 23.6. The van der Waals surface area contributed by atoms with E-state index in [0.717, 1.165) is 23.3 Å². The summed E-state index contributed by atoms with van der Waals surface area (Å²) < 4.78 is 38.6. The topological polar surface area (TPSA) is 90.5 Å². The quantitative estimate of drug-likeness (QED) is 0.458. The van der Waals surface area contributed by atoms with Crippen LogP contribution in [0, 0.1) is 0 Å². The molecule has 1 aliphatic carbocycles. The van der Waals surface area contributed by atoms with E-state index in [1.807, 2.05) is 24.3 Å². The van der Waals surface area contributed by atoms with Gasteiger partial charge in [-0.2, -0.15) is 13.2 Å². The molecule has 170 valence electrons. The average molecular weight is 455 g/mol. The van der Waals surface area contributed by atoms with Gasteiger partial charge in [0.2, 0.25) is 0 Å². The number of anilines is 2. The van der Waals surface area contributed by atoms with Crippen LogP contribution >= 0.6 is 0 Å². The van der Waals surface area contributed by atoms with E-state index >= 15 is 0 Å². The van der Waals surface area contributed by atoms with E-state index in [0.29, 0.717) is 12.1 Å². The van der Waals surface area contributed by atoms with Crippen LogP contribution in [0.2, 0.25) is 0 Å². The Kier molecular flexibility index (Phi) is 6.06. The highest BCUT2D eigenvalue weighted by atomic mass is 19.4. The minimum Gasteiger partial charge on any atom is -0.390 e. The number of alkyl halides is 3. The molecule has 4 N–H and O–H groups in total. The predicted molar refractivity (Wildman–Crippen MR) is 117 cm³/mol. The van der Waals surface area contributed by atoms with Crippen molar-refractivity contribution in [3.05, 3.63) is 95.1 Å². The van der Waals surface area contributed by atoms with Gasteiger partial charge < -0.3 is 21.1 Å². The fourth-order valence-electron chi connectivity index (χ4n) is 3.77. The Labute approximate surface area is 187 Å². The highest BCUT2D eigenvalue weighted by Crippen LogP contribution is 2.32. The Morgan fingerprint density at radius 1 is 0.879 bits per heavy atom. The maximum absolute atomic E-state index is 12.9. The van der Waals surface area contributed by atoms with Gasteiger partial charge in [0.1, 0.15) is 0 Å². The lowest BCUT2D eigenvalue weighted by Crippen LogP contribution is -2.36. The molecule has 0 heterocycles. The molecule has 3 aromatic carbocycles. The largest absolute Gasteiger partial charge is 0.416 e. The summed E-state index contributed by atoms with van der Waals surface area (Å²) in [6, 6.07) is 16.6. The lowest BCUT2D eigenvalue weighted by molar-refractivity contribution is -0.137. The van der Waals surface area contributed by atoms with Crippen LogP contribution in [0.1, 0.15) is 33.1 Å². The summed E-state index contributed by atoms with van der Waals surface area (Å²) in [5.41, 5.74) is 1.39. The summed E-state index contributed by atoms with van der Waals surface area (Å²) in [5.74, 6) is -0.626. The monoisotopic (exact) mass is 455 g/mol. The SMILES string of the molecule is O=C(Nc1cccc(C(=O)Nc2cccc(C(F)(F)F)c2)c1)N[C@@H]1c2ccccc2C[C@@H]1O. The number of rotatable bonds is 4. The highest BCUT2D eigenvalue weighted by Gasteiger charge is 2.32. The minimum absolute atomic E-state index is 0.000170. The number of urea groups is 1. The zero-order valence-corrected chi connectivity index (χ0v) is 17.2. The molecule has 0 saturated carbocycles. The van der Waals surface area contributed by atoms with Gasteiger partial charge >= 0.3 is 12.2 Å². The second-order valence-corrected chi connectivity index (χ2v) is 7.66. The Morgan fingerprint density at radius 3 is 2.33 bits per heavy atom. The fourth-order valence-corrected chi connectivity index (χ4v) is 3.77. The third kappa shape index (κ3) is 5.15. The molecular weight excluding hydrogens is 435 g/mol. The van der Waals surface area contributed by atoms with Crippen molar-refractivity contribution in [3.8, 4) is 0 Å². The first-order chi connectivity index (χ1) is 15.7. The number of halogens is 3. The lowest BCUT2D eigenvalue weighted by atomic mass is 10.1. The second-order valence-electron chi connectivity index (χ2n) is 7.66. The summed E-state index contributed by atoms with van der Waals surface area (Å²) in [6.07, 6.45) is -4.84. The normalized spacial score (nSPS) is 17.2. The summed E-state index contributed by atoms with van der Waals surface area (Å²) in [6.45, 7) is 0. The van der Waals surface area contributed by atoms with Crippen molar-refractivity contribution >= 4 is 23.3 Å². The van der Waals surface area contributed by atoms with Gasteiger partial charge in [-0.05, 0) is 47.5 Å². The number of amides is 3. The van der Waals surface area contributed by atoms with Gasteiger partial charge in [0.25, 0.3) is 5.91 Å². The number of fused-ring (bicyclic) bond motifs is 1. The molecule has 3 amide bonds. The first-order valence-corrected chi connectivity index (χ1v) is 10.1. The van der Waals surface area contributed by atoms with Gasteiger partial charge in [0.05, 0.1) is 17.7 Å². The summed E-state index contributed by atoms with van der Waals surface area (Å²) in [5, 5.41) is 18.1. The van der Waals surface area contributed by atoms with Crippen LogP contribution in [-0.4, -0.2) is 23.1 Å². The van der Waals surface area contributed by atoms with Crippen molar-refractivity contribution in [2.24, 2.45) is 0 Å². The molecule has 0 fully saturated rings. The molecule has 3 aromatic rings. The molecule has 1 aliphatic rings. The van der Waals surface area contributed by atoms with Crippen LogP contribution in [-0.2, 0) is 12.6 Å². The Bertz CT molecular complexity index is 1200. The Morgan fingerprint density at radius 2 is 1.58 bits per heavy atom.